The SMILES string of the molecule is CCC#CCOC1=CC(CC(=O)Nc2ccc3ncsc3c2)=CC=C=C1. The monoisotopic (exact) mass is 362 g/mol. The summed E-state index contributed by atoms with van der Waals surface area (Å²) in [6, 6.07) is 5.70. The lowest BCUT2D eigenvalue weighted by Crippen LogP contribution is -2.11. The number of carbonyl (C=O) groups excluding carboxylic acids is 1. The van der Waals surface area contributed by atoms with Crippen LogP contribution in [-0.4, -0.2) is 17.5 Å². The van der Waals surface area contributed by atoms with E-state index < -0.39 is 0 Å². The standard InChI is InChI=1S/C21H18N2O2S/c1-2-3-6-11-25-18-8-5-4-7-16(12-18)13-21(24)23-17-9-10-19-20(14-17)26-15-22-19/h4,7-10,12,14-15H,2,11,13H2,1H3,(H,23,24). The summed E-state index contributed by atoms with van der Waals surface area (Å²) < 4.78 is 6.65. The second kappa shape index (κ2) is 8.87. The van der Waals surface area contributed by atoms with Gasteiger partial charge in [0.15, 0.2) is 0 Å². The molecule has 0 bridgehead atoms. The van der Waals surface area contributed by atoms with Crippen LogP contribution in [0.15, 0.2) is 65.1 Å². The maximum atomic E-state index is 12.4. The number of rotatable bonds is 5. The van der Waals surface area contributed by atoms with Crippen LogP contribution in [0.5, 0.6) is 0 Å². The average Bonchev–Trinajstić information content (AvgIpc) is 2.98. The minimum atomic E-state index is -0.0863. The number of benzene rings is 1. The van der Waals surface area contributed by atoms with Gasteiger partial charge in [-0.1, -0.05) is 18.9 Å². The lowest BCUT2D eigenvalue weighted by Gasteiger charge is -2.07. The van der Waals surface area contributed by atoms with Gasteiger partial charge in [0, 0.05) is 18.2 Å². The smallest absolute Gasteiger partial charge is 0.228 e. The van der Waals surface area contributed by atoms with Crippen molar-refractivity contribution >= 4 is 33.1 Å². The summed E-state index contributed by atoms with van der Waals surface area (Å²) in [5.41, 5.74) is 7.35. The molecule has 1 aromatic heterocycles. The van der Waals surface area contributed by atoms with Crippen molar-refractivity contribution in [1.29, 1.82) is 0 Å². The van der Waals surface area contributed by atoms with Crippen molar-refractivity contribution in [3.05, 3.63) is 65.1 Å². The summed E-state index contributed by atoms with van der Waals surface area (Å²) in [7, 11) is 0. The number of ether oxygens (including phenoxy) is 1. The Morgan fingerprint density at radius 2 is 2.31 bits per heavy atom. The molecule has 0 saturated heterocycles. The van der Waals surface area contributed by atoms with Gasteiger partial charge in [0.25, 0.3) is 0 Å². The Morgan fingerprint density at radius 3 is 3.19 bits per heavy atom. The van der Waals surface area contributed by atoms with Crippen LogP contribution in [0.1, 0.15) is 19.8 Å². The minimum Gasteiger partial charge on any atom is -0.480 e. The highest BCUT2D eigenvalue weighted by Gasteiger charge is 2.08. The number of nitrogens with one attached hydrogen (secondary N) is 1. The molecule has 130 valence electrons. The Kier molecular flexibility index (Phi) is 6.05. The first-order chi connectivity index (χ1) is 12.7. The summed E-state index contributed by atoms with van der Waals surface area (Å²) in [5.74, 6) is 6.45. The van der Waals surface area contributed by atoms with Gasteiger partial charge in [0.05, 0.1) is 22.1 Å². The predicted octanol–water partition coefficient (Wildman–Crippen LogP) is 4.59. The van der Waals surface area contributed by atoms with Crippen LogP contribution >= 0.6 is 11.3 Å². The van der Waals surface area contributed by atoms with Gasteiger partial charge in [0.1, 0.15) is 12.4 Å². The molecule has 1 aliphatic rings. The molecular weight excluding hydrogens is 344 g/mol. The number of anilines is 1. The van der Waals surface area contributed by atoms with E-state index in [9.17, 15) is 4.79 Å². The van der Waals surface area contributed by atoms with E-state index in [4.69, 9.17) is 4.74 Å². The van der Waals surface area contributed by atoms with Crippen molar-refractivity contribution < 1.29 is 9.53 Å². The summed E-state index contributed by atoms with van der Waals surface area (Å²) >= 11 is 1.55. The van der Waals surface area contributed by atoms with Crippen LogP contribution in [0.25, 0.3) is 10.2 Å². The van der Waals surface area contributed by atoms with E-state index in [1.807, 2.05) is 37.3 Å². The molecular formula is C21H18N2O2S. The van der Waals surface area contributed by atoms with Gasteiger partial charge in [-0.3, -0.25) is 4.79 Å². The second-order valence-corrected chi connectivity index (χ2v) is 6.41. The van der Waals surface area contributed by atoms with E-state index in [1.54, 1.807) is 29.0 Å². The zero-order valence-electron chi connectivity index (χ0n) is 14.4. The number of allylic oxidation sites excluding steroid dienone is 3. The van der Waals surface area contributed by atoms with Crippen LogP contribution in [0.2, 0.25) is 0 Å². The number of hydrogen-bond acceptors (Lipinski definition) is 4. The maximum Gasteiger partial charge on any atom is 0.228 e. The number of thiazole rings is 1. The zero-order chi connectivity index (χ0) is 18.2. The second-order valence-electron chi connectivity index (χ2n) is 5.52. The third-order valence-electron chi connectivity index (χ3n) is 3.54. The first-order valence-corrected chi connectivity index (χ1v) is 9.17. The van der Waals surface area contributed by atoms with Gasteiger partial charge in [-0.05, 0) is 35.9 Å². The van der Waals surface area contributed by atoms with Gasteiger partial charge < -0.3 is 10.1 Å². The Labute approximate surface area is 156 Å². The fourth-order valence-electron chi connectivity index (χ4n) is 2.37. The molecule has 0 radical (unpaired) electrons. The van der Waals surface area contributed by atoms with E-state index in [0.29, 0.717) is 12.4 Å². The summed E-state index contributed by atoms with van der Waals surface area (Å²) in [6.45, 7) is 2.32. The van der Waals surface area contributed by atoms with Crippen molar-refractivity contribution in [1.82, 2.24) is 4.98 Å². The molecule has 0 saturated carbocycles. The summed E-state index contributed by atoms with van der Waals surface area (Å²) in [4.78, 5) is 16.6. The molecule has 0 fully saturated rings. The lowest BCUT2D eigenvalue weighted by molar-refractivity contribution is -0.115. The number of aromatic nitrogens is 1. The van der Waals surface area contributed by atoms with E-state index in [1.165, 1.54) is 0 Å². The molecule has 2 aromatic rings. The fourth-order valence-corrected chi connectivity index (χ4v) is 3.09. The highest BCUT2D eigenvalue weighted by Crippen LogP contribution is 2.22. The number of carbonyl (C=O) groups is 1. The highest BCUT2D eigenvalue weighted by atomic mass is 32.1. The molecule has 0 spiro atoms. The number of fused-ring (bicyclic) bond motifs is 1. The van der Waals surface area contributed by atoms with Crippen molar-refractivity contribution in [2.24, 2.45) is 0 Å². The molecule has 1 aromatic carbocycles. The molecule has 26 heavy (non-hydrogen) atoms. The van der Waals surface area contributed by atoms with Gasteiger partial charge >= 0.3 is 0 Å². The molecule has 5 heteroatoms. The maximum absolute atomic E-state index is 12.4. The summed E-state index contributed by atoms with van der Waals surface area (Å²) in [6.07, 6.45) is 8.27. The number of nitrogens with zero attached hydrogens (tertiary/aromatic N) is 1. The van der Waals surface area contributed by atoms with E-state index >= 15 is 0 Å². The molecule has 1 N–H and O–H groups in total. The normalized spacial score (nSPS) is 12.7. The van der Waals surface area contributed by atoms with Crippen molar-refractivity contribution in [2.75, 3.05) is 11.9 Å². The Hall–Kier alpha value is -3.06. The van der Waals surface area contributed by atoms with Crippen molar-refractivity contribution in [3.8, 4) is 11.8 Å². The quantitative estimate of drug-likeness (QED) is 0.625. The number of hydrogen-bond donors (Lipinski definition) is 1. The molecule has 0 unspecified atom stereocenters. The fraction of sp³-hybridized carbons (Fsp3) is 0.190. The Morgan fingerprint density at radius 1 is 1.38 bits per heavy atom. The molecule has 1 aliphatic carbocycles. The van der Waals surface area contributed by atoms with Gasteiger partial charge in [0.2, 0.25) is 5.91 Å². The van der Waals surface area contributed by atoms with E-state index in [0.717, 1.165) is 27.9 Å². The van der Waals surface area contributed by atoms with Crippen LogP contribution in [-0.2, 0) is 9.53 Å². The first kappa shape index (κ1) is 17.8. The first-order valence-electron chi connectivity index (χ1n) is 8.29. The lowest BCUT2D eigenvalue weighted by atomic mass is 10.1. The molecule has 3 rings (SSSR count). The van der Waals surface area contributed by atoms with Crippen molar-refractivity contribution in [3.63, 3.8) is 0 Å². The van der Waals surface area contributed by atoms with Gasteiger partial charge in [-0.25, -0.2) is 4.98 Å². The topological polar surface area (TPSA) is 51.2 Å². The van der Waals surface area contributed by atoms with Gasteiger partial charge in [-0.2, -0.15) is 0 Å². The van der Waals surface area contributed by atoms with Crippen molar-refractivity contribution in [2.45, 2.75) is 19.8 Å². The van der Waals surface area contributed by atoms with Crippen LogP contribution in [0.3, 0.4) is 0 Å². The number of amides is 1. The molecule has 1 heterocycles. The predicted molar refractivity (Wildman–Crippen MR) is 106 cm³/mol. The van der Waals surface area contributed by atoms with Crippen LogP contribution in [0, 0.1) is 11.8 Å². The summed E-state index contributed by atoms with van der Waals surface area (Å²) in [5, 5.41) is 2.93. The van der Waals surface area contributed by atoms with Gasteiger partial charge in [-0.15, -0.1) is 23.0 Å². The van der Waals surface area contributed by atoms with Crippen LogP contribution in [0.4, 0.5) is 5.69 Å². The Balaban J connectivity index is 1.62. The molecule has 4 nitrogen and oxygen atoms in total. The third-order valence-corrected chi connectivity index (χ3v) is 4.33. The van der Waals surface area contributed by atoms with E-state index in [2.05, 4.69) is 27.9 Å². The Bertz CT molecular complexity index is 996. The molecule has 0 aliphatic heterocycles. The highest BCUT2D eigenvalue weighted by molar-refractivity contribution is 7.16. The molecule has 1 amide bonds. The molecule has 0 atom stereocenters. The largest absolute Gasteiger partial charge is 0.480 e. The minimum absolute atomic E-state index is 0.0863. The third kappa shape index (κ3) is 4.97. The van der Waals surface area contributed by atoms with E-state index in [-0.39, 0.29) is 12.3 Å². The average molecular weight is 362 g/mol. The van der Waals surface area contributed by atoms with Crippen LogP contribution < -0.4 is 5.32 Å². The zero-order valence-corrected chi connectivity index (χ0v) is 15.2.